The average molecular weight is 436 g/mol. The largest absolute Gasteiger partial charge is 0.353 e. The molecule has 3 aliphatic rings. The van der Waals surface area contributed by atoms with E-state index < -0.39 is 0 Å². The highest BCUT2D eigenvalue weighted by atomic mass is 15.4. The molecular weight excluding hydrogens is 410 g/mol. The molecule has 0 saturated carbocycles. The van der Waals surface area contributed by atoms with E-state index in [-0.39, 0.29) is 0 Å². The third-order valence-corrected chi connectivity index (χ3v) is 7.00. The standard InChI is InChI=1S/C26H25N7/c1-2-21-7-5-18(12-28-21)15-32-22-10-23(32)17-31(16-22)25-8-6-19(13-29-25)24-4-3-9-33-26(24)20(11-27)14-30-33/h3-9,12-14,22-23H,2,10,15-17H2,1H3. The van der Waals surface area contributed by atoms with Crippen LogP contribution in [0.15, 0.2) is 61.2 Å². The molecule has 7 heteroatoms. The lowest BCUT2D eigenvalue weighted by molar-refractivity contribution is -0.00875. The molecule has 4 aromatic rings. The smallest absolute Gasteiger partial charge is 0.128 e. The van der Waals surface area contributed by atoms with Crippen molar-refractivity contribution in [1.82, 2.24) is 24.5 Å². The summed E-state index contributed by atoms with van der Waals surface area (Å²) in [5.41, 5.74) is 5.81. The minimum atomic E-state index is 0.565. The zero-order valence-electron chi connectivity index (χ0n) is 18.6. The Morgan fingerprint density at radius 3 is 2.61 bits per heavy atom. The van der Waals surface area contributed by atoms with E-state index in [1.54, 1.807) is 10.7 Å². The minimum absolute atomic E-state index is 0.565. The number of hydrogen-bond donors (Lipinski definition) is 0. The third kappa shape index (κ3) is 3.43. The predicted octanol–water partition coefficient (Wildman–Crippen LogP) is 3.69. The molecule has 33 heavy (non-hydrogen) atoms. The fourth-order valence-corrected chi connectivity index (χ4v) is 5.19. The van der Waals surface area contributed by atoms with Gasteiger partial charge < -0.3 is 4.90 Å². The summed E-state index contributed by atoms with van der Waals surface area (Å²) in [7, 11) is 0. The number of piperidine rings is 1. The average Bonchev–Trinajstić information content (AvgIpc) is 3.31. The van der Waals surface area contributed by atoms with E-state index in [1.165, 1.54) is 12.0 Å². The Bertz CT molecular complexity index is 1320. The van der Waals surface area contributed by atoms with E-state index in [4.69, 9.17) is 4.98 Å². The first kappa shape index (κ1) is 19.9. The number of anilines is 1. The number of nitrogens with zero attached hydrogens (tertiary/aromatic N) is 7. The van der Waals surface area contributed by atoms with Crippen LogP contribution >= 0.6 is 0 Å². The van der Waals surface area contributed by atoms with Crippen LogP contribution in [0.25, 0.3) is 16.6 Å². The molecule has 0 radical (unpaired) electrons. The number of aryl methyl sites for hydroxylation is 1. The first-order chi connectivity index (χ1) is 16.2. The molecule has 4 aromatic heterocycles. The van der Waals surface area contributed by atoms with Crippen LogP contribution < -0.4 is 4.90 Å². The van der Waals surface area contributed by atoms with Gasteiger partial charge in [0, 0.05) is 67.1 Å². The van der Waals surface area contributed by atoms with Gasteiger partial charge in [-0.15, -0.1) is 0 Å². The molecule has 2 unspecified atom stereocenters. The van der Waals surface area contributed by atoms with Gasteiger partial charge in [-0.1, -0.05) is 19.1 Å². The maximum absolute atomic E-state index is 9.44. The van der Waals surface area contributed by atoms with Crippen LogP contribution in [0.3, 0.4) is 0 Å². The highest BCUT2D eigenvalue weighted by molar-refractivity contribution is 5.84. The number of pyridine rings is 3. The zero-order chi connectivity index (χ0) is 22.4. The molecular formula is C26H25N7. The van der Waals surface area contributed by atoms with E-state index in [0.29, 0.717) is 17.6 Å². The van der Waals surface area contributed by atoms with Crippen molar-refractivity contribution in [2.75, 3.05) is 18.0 Å². The SMILES string of the molecule is CCc1ccc(CN2C3CC2CN(c2ccc(-c4cccn5ncc(C#N)c45)cn2)C3)cn1. The quantitative estimate of drug-likeness (QED) is 0.476. The van der Waals surface area contributed by atoms with E-state index in [9.17, 15) is 5.26 Å². The van der Waals surface area contributed by atoms with Crippen LogP contribution in [0.5, 0.6) is 0 Å². The van der Waals surface area contributed by atoms with Gasteiger partial charge in [0.05, 0.1) is 17.3 Å². The van der Waals surface area contributed by atoms with Crippen LogP contribution in [0.4, 0.5) is 5.82 Å². The summed E-state index contributed by atoms with van der Waals surface area (Å²) in [6.07, 6.45) is 9.66. The second-order valence-corrected chi connectivity index (χ2v) is 8.92. The predicted molar refractivity (Wildman–Crippen MR) is 127 cm³/mol. The van der Waals surface area contributed by atoms with Crippen molar-refractivity contribution < 1.29 is 0 Å². The van der Waals surface area contributed by atoms with Crippen LogP contribution in [-0.2, 0) is 13.0 Å². The molecule has 0 aromatic carbocycles. The van der Waals surface area contributed by atoms with E-state index >= 15 is 0 Å². The van der Waals surface area contributed by atoms with Crippen LogP contribution in [-0.4, -0.2) is 49.7 Å². The highest BCUT2D eigenvalue weighted by Gasteiger charge is 2.44. The number of hydrogen-bond acceptors (Lipinski definition) is 6. The molecule has 3 aliphatic heterocycles. The molecule has 3 saturated heterocycles. The summed E-state index contributed by atoms with van der Waals surface area (Å²) in [5, 5.41) is 13.7. The first-order valence-corrected chi connectivity index (χ1v) is 11.5. The highest BCUT2D eigenvalue weighted by Crippen LogP contribution is 2.36. The Hall–Kier alpha value is -3.76. The number of rotatable bonds is 5. The van der Waals surface area contributed by atoms with Gasteiger partial charge >= 0.3 is 0 Å². The topological polar surface area (TPSA) is 73.3 Å². The van der Waals surface area contributed by atoms with Crippen molar-refractivity contribution in [3.63, 3.8) is 0 Å². The lowest BCUT2D eigenvalue weighted by atomic mass is 9.87. The van der Waals surface area contributed by atoms with Crippen LogP contribution in [0.2, 0.25) is 0 Å². The van der Waals surface area contributed by atoms with Gasteiger partial charge in [-0.25, -0.2) is 9.50 Å². The molecule has 0 aliphatic carbocycles. The van der Waals surface area contributed by atoms with Crippen molar-refractivity contribution in [1.29, 1.82) is 5.26 Å². The van der Waals surface area contributed by atoms with E-state index in [2.05, 4.69) is 57.1 Å². The lowest BCUT2D eigenvalue weighted by Gasteiger charge is -2.56. The van der Waals surface area contributed by atoms with Crippen molar-refractivity contribution in [2.45, 2.75) is 38.4 Å². The fraction of sp³-hybridized carbons (Fsp3) is 0.308. The Balaban J connectivity index is 1.17. The Kier molecular flexibility index (Phi) is 4.81. The lowest BCUT2D eigenvalue weighted by Crippen LogP contribution is -2.68. The monoisotopic (exact) mass is 435 g/mol. The van der Waals surface area contributed by atoms with Gasteiger partial charge in [0.1, 0.15) is 11.9 Å². The molecule has 2 bridgehead atoms. The molecule has 164 valence electrons. The summed E-state index contributed by atoms with van der Waals surface area (Å²) in [5.74, 6) is 1.02. The van der Waals surface area contributed by atoms with E-state index in [0.717, 1.165) is 54.2 Å². The van der Waals surface area contributed by atoms with Gasteiger partial charge in [0.2, 0.25) is 0 Å². The van der Waals surface area contributed by atoms with Gasteiger partial charge in [-0.2, -0.15) is 10.4 Å². The molecule has 7 nitrogen and oxygen atoms in total. The normalized spacial score (nSPS) is 19.9. The number of aromatic nitrogens is 4. The molecule has 3 fully saturated rings. The van der Waals surface area contributed by atoms with E-state index in [1.807, 2.05) is 30.7 Å². The van der Waals surface area contributed by atoms with Gasteiger partial charge in [-0.05, 0) is 42.7 Å². The fourth-order valence-electron chi connectivity index (χ4n) is 5.19. The third-order valence-electron chi connectivity index (χ3n) is 7.00. The van der Waals surface area contributed by atoms with Crippen molar-refractivity contribution in [2.24, 2.45) is 0 Å². The van der Waals surface area contributed by atoms with Gasteiger partial charge in [0.15, 0.2) is 0 Å². The van der Waals surface area contributed by atoms with Crippen LogP contribution in [0.1, 0.15) is 30.2 Å². The zero-order valence-corrected chi connectivity index (χ0v) is 18.6. The molecule has 0 amide bonds. The maximum atomic E-state index is 9.44. The minimum Gasteiger partial charge on any atom is -0.353 e. The number of nitriles is 1. The molecule has 7 rings (SSSR count). The Labute approximate surface area is 192 Å². The summed E-state index contributed by atoms with van der Waals surface area (Å²) in [4.78, 5) is 14.4. The summed E-state index contributed by atoms with van der Waals surface area (Å²) < 4.78 is 1.75. The Morgan fingerprint density at radius 2 is 1.91 bits per heavy atom. The second-order valence-electron chi connectivity index (χ2n) is 8.92. The second kappa shape index (κ2) is 7.98. The van der Waals surface area contributed by atoms with Crippen molar-refractivity contribution in [3.8, 4) is 17.2 Å². The van der Waals surface area contributed by atoms with Crippen LogP contribution in [0, 0.1) is 11.3 Å². The molecule has 7 heterocycles. The first-order valence-electron chi connectivity index (χ1n) is 11.5. The maximum Gasteiger partial charge on any atom is 0.128 e. The number of piperazine rings is 1. The molecule has 0 spiro atoms. The van der Waals surface area contributed by atoms with Gasteiger partial charge in [-0.3, -0.25) is 9.88 Å². The van der Waals surface area contributed by atoms with Gasteiger partial charge in [0.25, 0.3) is 0 Å². The summed E-state index contributed by atoms with van der Waals surface area (Å²) >= 11 is 0. The van der Waals surface area contributed by atoms with Crippen molar-refractivity contribution >= 4 is 11.3 Å². The summed E-state index contributed by atoms with van der Waals surface area (Å²) in [6.45, 7) is 5.11. The Morgan fingerprint density at radius 1 is 1.03 bits per heavy atom. The molecule has 2 atom stereocenters. The molecule has 0 N–H and O–H groups in total. The van der Waals surface area contributed by atoms with Crippen molar-refractivity contribution in [3.05, 3.63) is 78.0 Å². The summed E-state index contributed by atoms with van der Waals surface area (Å²) in [6, 6.07) is 15.9. The number of fused-ring (bicyclic) bond motifs is 3.